The zero-order valence-electron chi connectivity index (χ0n) is 7.05. The molecule has 0 saturated heterocycles. The van der Waals surface area contributed by atoms with Crippen LogP contribution in [0.5, 0.6) is 0 Å². The van der Waals surface area contributed by atoms with Crippen LogP contribution in [0.15, 0.2) is 0 Å². The Kier molecular flexibility index (Phi) is 11.3. The standard InChI is InChI=1S/C8H14O3.Na.H/c1-3-4-5-6-8(10)11-7(2)9;;/h3-6H2,1-2H3;;. The first-order valence-corrected chi connectivity index (χ1v) is 3.88. The molecule has 0 amide bonds. The second kappa shape index (κ2) is 9.23. The molecule has 0 aliphatic heterocycles. The third-order valence-electron chi connectivity index (χ3n) is 1.24. The Morgan fingerprint density at radius 3 is 2.25 bits per heavy atom. The quantitative estimate of drug-likeness (QED) is 0.282. The number of ether oxygens (including phenoxy) is 1. The summed E-state index contributed by atoms with van der Waals surface area (Å²) in [7, 11) is 0. The van der Waals surface area contributed by atoms with Crippen molar-refractivity contribution in [2.24, 2.45) is 0 Å². The molecule has 0 N–H and O–H groups in total. The minimum absolute atomic E-state index is 0. The Hall–Kier alpha value is 0.140. The second-order valence-electron chi connectivity index (χ2n) is 2.42. The SMILES string of the molecule is CCCCCC(=O)OC(C)=O.[NaH]. The maximum atomic E-state index is 10.7. The first-order valence-electron chi connectivity index (χ1n) is 3.88. The molecule has 0 saturated carbocycles. The van der Waals surface area contributed by atoms with Crippen LogP contribution in [0.3, 0.4) is 0 Å². The Morgan fingerprint density at radius 1 is 1.25 bits per heavy atom. The molecular formula is C8H15NaO3. The van der Waals surface area contributed by atoms with Crippen molar-refractivity contribution >= 4 is 41.5 Å². The zero-order chi connectivity index (χ0) is 8.69. The van der Waals surface area contributed by atoms with Crippen molar-refractivity contribution in [2.75, 3.05) is 0 Å². The van der Waals surface area contributed by atoms with Gasteiger partial charge in [-0.05, 0) is 6.42 Å². The molecule has 12 heavy (non-hydrogen) atoms. The van der Waals surface area contributed by atoms with Gasteiger partial charge < -0.3 is 4.74 Å². The summed E-state index contributed by atoms with van der Waals surface area (Å²) in [6, 6.07) is 0. The van der Waals surface area contributed by atoms with E-state index in [0.29, 0.717) is 6.42 Å². The summed E-state index contributed by atoms with van der Waals surface area (Å²) < 4.78 is 4.32. The molecule has 0 bridgehead atoms. The number of carbonyl (C=O) groups excluding carboxylic acids is 2. The molecular weight excluding hydrogens is 167 g/mol. The topological polar surface area (TPSA) is 43.4 Å². The Balaban J connectivity index is 0. The van der Waals surface area contributed by atoms with Crippen LogP contribution in [0.4, 0.5) is 0 Å². The number of rotatable bonds is 4. The summed E-state index contributed by atoms with van der Waals surface area (Å²) in [5.74, 6) is -0.933. The molecule has 0 spiro atoms. The molecule has 0 aliphatic rings. The molecule has 3 nitrogen and oxygen atoms in total. The number of hydrogen-bond acceptors (Lipinski definition) is 3. The molecule has 0 rings (SSSR count). The van der Waals surface area contributed by atoms with Crippen LogP contribution in [0, 0.1) is 0 Å². The van der Waals surface area contributed by atoms with Gasteiger partial charge in [0.15, 0.2) is 0 Å². The van der Waals surface area contributed by atoms with E-state index < -0.39 is 11.9 Å². The van der Waals surface area contributed by atoms with Crippen molar-refractivity contribution in [3.8, 4) is 0 Å². The first-order chi connectivity index (χ1) is 5.16. The monoisotopic (exact) mass is 182 g/mol. The van der Waals surface area contributed by atoms with Crippen molar-refractivity contribution in [3.63, 3.8) is 0 Å². The van der Waals surface area contributed by atoms with E-state index in [1.807, 2.05) is 0 Å². The van der Waals surface area contributed by atoms with E-state index in [0.717, 1.165) is 19.3 Å². The van der Waals surface area contributed by atoms with Crippen LogP contribution in [0.1, 0.15) is 39.5 Å². The first kappa shape index (κ1) is 14.7. The van der Waals surface area contributed by atoms with E-state index >= 15 is 0 Å². The van der Waals surface area contributed by atoms with Gasteiger partial charge in [0.1, 0.15) is 0 Å². The van der Waals surface area contributed by atoms with Crippen LogP contribution < -0.4 is 0 Å². The molecule has 0 radical (unpaired) electrons. The van der Waals surface area contributed by atoms with E-state index in [2.05, 4.69) is 11.7 Å². The molecule has 0 aromatic rings. The molecule has 4 heteroatoms. The number of carbonyl (C=O) groups is 2. The Labute approximate surface area is 95.1 Å². The van der Waals surface area contributed by atoms with Gasteiger partial charge in [-0.25, -0.2) is 0 Å². The van der Waals surface area contributed by atoms with Crippen LogP contribution in [-0.4, -0.2) is 41.5 Å². The molecule has 0 unspecified atom stereocenters. The van der Waals surface area contributed by atoms with Crippen LogP contribution in [0.2, 0.25) is 0 Å². The second-order valence-corrected chi connectivity index (χ2v) is 2.42. The maximum absolute atomic E-state index is 10.7. The van der Waals surface area contributed by atoms with Gasteiger partial charge in [0.25, 0.3) is 0 Å². The van der Waals surface area contributed by atoms with Gasteiger partial charge in [0, 0.05) is 13.3 Å². The zero-order valence-corrected chi connectivity index (χ0v) is 7.05. The van der Waals surface area contributed by atoms with Gasteiger partial charge in [-0.15, -0.1) is 0 Å². The van der Waals surface area contributed by atoms with Gasteiger partial charge in [-0.2, -0.15) is 0 Å². The van der Waals surface area contributed by atoms with Crippen molar-refractivity contribution in [1.82, 2.24) is 0 Å². The van der Waals surface area contributed by atoms with Crippen LogP contribution in [0.25, 0.3) is 0 Å². The average Bonchev–Trinajstić information content (AvgIpc) is 1.86. The molecule has 0 aliphatic carbocycles. The van der Waals surface area contributed by atoms with E-state index in [9.17, 15) is 9.59 Å². The number of esters is 2. The average molecular weight is 182 g/mol. The van der Waals surface area contributed by atoms with E-state index in [-0.39, 0.29) is 29.6 Å². The van der Waals surface area contributed by atoms with E-state index in [4.69, 9.17) is 0 Å². The molecule has 66 valence electrons. The third kappa shape index (κ3) is 10.1. The van der Waals surface area contributed by atoms with Gasteiger partial charge in [0.2, 0.25) is 0 Å². The number of hydrogen-bond donors (Lipinski definition) is 0. The molecule has 0 aromatic carbocycles. The number of unbranched alkanes of at least 4 members (excludes halogenated alkanes) is 2. The summed E-state index contributed by atoms with van der Waals surface area (Å²) in [5.41, 5.74) is 0. The van der Waals surface area contributed by atoms with Crippen molar-refractivity contribution in [1.29, 1.82) is 0 Å². The summed E-state index contributed by atoms with van der Waals surface area (Å²) in [6.07, 6.45) is 3.23. The van der Waals surface area contributed by atoms with Crippen LogP contribution >= 0.6 is 0 Å². The predicted octanol–water partition coefficient (Wildman–Crippen LogP) is 1.01. The van der Waals surface area contributed by atoms with E-state index in [1.165, 1.54) is 6.92 Å². The Morgan fingerprint density at radius 2 is 1.83 bits per heavy atom. The fourth-order valence-corrected chi connectivity index (χ4v) is 0.731. The van der Waals surface area contributed by atoms with Crippen molar-refractivity contribution in [2.45, 2.75) is 39.5 Å². The van der Waals surface area contributed by atoms with Gasteiger partial charge in [0.05, 0.1) is 0 Å². The summed E-state index contributed by atoms with van der Waals surface area (Å²) >= 11 is 0. The normalized spacial score (nSPS) is 8.50. The molecule has 0 atom stereocenters. The van der Waals surface area contributed by atoms with Crippen molar-refractivity contribution < 1.29 is 14.3 Å². The summed E-state index contributed by atoms with van der Waals surface area (Å²) in [6.45, 7) is 3.29. The Bertz CT molecular complexity index is 145. The van der Waals surface area contributed by atoms with E-state index in [1.54, 1.807) is 0 Å². The minimum atomic E-state index is -0.522. The van der Waals surface area contributed by atoms with Gasteiger partial charge in [-0.3, -0.25) is 9.59 Å². The van der Waals surface area contributed by atoms with Crippen molar-refractivity contribution in [3.05, 3.63) is 0 Å². The predicted molar refractivity (Wildman–Crippen MR) is 48.1 cm³/mol. The van der Waals surface area contributed by atoms with Gasteiger partial charge in [-0.1, -0.05) is 19.8 Å². The third-order valence-corrected chi connectivity index (χ3v) is 1.24. The van der Waals surface area contributed by atoms with Crippen LogP contribution in [-0.2, 0) is 14.3 Å². The fourth-order valence-electron chi connectivity index (χ4n) is 0.731. The fraction of sp³-hybridized carbons (Fsp3) is 0.750. The summed E-state index contributed by atoms with van der Waals surface area (Å²) in [5, 5.41) is 0. The summed E-state index contributed by atoms with van der Waals surface area (Å²) in [4.78, 5) is 20.9. The van der Waals surface area contributed by atoms with Gasteiger partial charge >= 0.3 is 41.5 Å². The molecule has 0 aromatic heterocycles. The molecule has 0 heterocycles. The molecule has 0 fully saturated rings.